The zero-order valence-electron chi connectivity index (χ0n) is 7.75. The van der Waals surface area contributed by atoms with E-state index in [1.165, 1.54) is 0 Å². The summed E-state index contributed by atoms with van der Waals surface area (Å²) >= 11 is 0. The molecule has 0 amide bonds. The predicted octanol–water partition coefficient (Wildman–Crippen LogP) is 0.132. The molecule has 1 unspecified atom stereocenters. The summed E-state index contributed by atoms with van der Waals surface area (Å²) in [5, 5.41) is 1.98. The van der Waals surface area contributed by atoms with Crippen molar-refractivity contribution in [2.45, 2.75) is 19.9 Å². The predicted molar refractivity (Wildman–Crippen MR) is 47.0 cm³/mol. The number of hydrogen-bond acceptors (Lipinski definition) is 3. The Bertz CT molecular complexity index is 125. The molecule has 0 aromatic carbocycles. The minimum atomic E-state index is 0.536. The summed E-state index contributed by atoms with van der Waals surface area (Å²) in [6, 6.07) is 0.536. The van der Waals surface area contributed by atoms with Crippen LogP contribution in [0.2, 0.25) is 0 Å². The van der Waals surface area contributed by atoms with Crippen LogP contribution in [-0.2, 0) is 0 Å². The number of nitrogens with two attached hydrogens (primary N) is 1. The van der Waals surface area contributed by atoms with E-state index in [0.29, 0.717) is 12.0 Å². The van der Waals surface area contributed by atoms with Gasteiger partial charge in [-0.15, -0.1) is 0 Å². The van der Waals surface area contributed by atoms with Gasteiger partial charge in [0.15, 0.2) is 0 Å². The topological polar surface area (TPSA) is 32.5 Å². The van der Waals surface area contributed by atoms with Crippen molar-refractivity contribution in [3.8, 4) is 0 Å². The van der Waals surface area contributed by atoms with Crippen molar-refractivity contribution < 1.29 is 0 Å². The van der Waals surface area contributed by atoms with E-state index in [1.807, 2.05) is 5.01 Å². The zero-order valence-corrected chi connectivity index (χ0v) is 7.75. The summed E-state index contributed by atoms with van der Waals surface area (Å²) in [7, 11) is 2.16. The zero-order chi connectivity index (χ0) is 8.43. The van der Waals surface area contributed by atoms with Crippen molar-refractivity contribution in [1.82, 2.24) is 9.91 Å². The molecule has 0 spiro atoms. The maximum absolute atomic E-state index is 5.85. The summed E-state index contributed by atoms with van der Waals surface area (Å²) in [5.74, 6) is 6.50. The number of rotatable bonds is 1. The lowest BCUT2D eigenvalue weighted by Gasteiger charge is -2.39. The highest BCUT2D eigenvalue weighted by Gasteiger charge is 2.24. The molecule has 0 bridgehead atoms. The van der Waals surface area contributed by atoms with E-state index in [-0.39, 0.29) is 0 Å². The Hall–Kier alpha value is -0.120. The monoisotopic (exact) mass is 157 g/mol. The maximum atomic E-state index is 5.85. The third kappa shape index (κ3) is 2.15. The first-order valence-electron chi connectivity index (χ1n) is 4.31. The molecule has 0 aromatic rings. The Kier molecular flexibility index (Phi) is 2.87. The van der Waals surface area contributed by atoms with E-state index in [2.05, 4.69) is 25.8 Å². The first kappa shape index (κ1) is 8.97. The largest absolute Gasteiger partial charge is 0.303 e. The van der Waals surface area contributed by atoms with Crippen molar-refractivity contribution in [2.75, 3.05) is 26.7 Å². The third-order valence-corrected chi connectivity index (χ3v) is 2.43. The molecule has 0 aromatic heterocycles. The minimum absolute atomic E-state index is 0.536. The van der Waals surface area contributed by atoms with Crippen molar-refractivity contribution in [3.63, 3.8) is 0 Å². The number of hydrogen-bond donors (Lipinski definition) is 1. The molecule has 3 heteroatoms. The average Bonchev–Trinajstić information content (AvgIpc) is 1.94. The van der Waals surface area contributed by atoms with Gasteiger partial charge >= 0.3 is 0 Å². The fraction of sp³-hybridized carbons (Fsp3) is 1.00. The van der Waals surface area contributed by atoms with Crippen LogP contribution < -0.4 is 5.84 Å². The molecular formula is C8H19N3. The first-order chi connectivity index (χ1) is 5.11. The van der Waals surface area contributed by atoms with Gasteiger partial charge in [-0.2, -0.15) is 0 Å². The molecule has 1 rings (SSSR count). The summed E-state index contributed by atoms with van der Waals surface area (Å²) < 4.78 is 0. The summed E-state index contributed by atoms with van der Waals surface area (Å²) in [4.78, 5) is 2.34. The van der Waals surface area contributed by atoms with Crippen LogP contribution in [0.25, 0.3) is 0 Å². The first-order valence-corrected chi connectivity index (χ1v) is 4.31. The number of hydrazine groups is 1. The Morgan fingerprint density at radius 2 is 2.00 bits per heavy atom. The average molecular weight is 157 g/mol. The van der Waals surface area contributed by atoms with Crippen molar-refractivity contribution in [2.24, 2.45) is 11.8 Å². The molecule has 2 N–H and O–H groups in total. The number of likely N-dealkylation sites (N-methyl/N-ethyl adjacent to an activating group) is 1. The Morgan fingerprint density at radius 1 is 1.36 bits per heavy atom. The lowest BCUT2D eigenvalue weighted by Crippen LogP contribution is -2.56. The molecule has 11 heavy (non-hydrogen) atoms. The quantitative estimate of drug-likeness (QED) is 0.549. The standard InChI is InChI=1S/C8H19N3/c1-7(2)8-6-10(3)4-5-11(8)9/h7-8H,4-6,9H2,1-3H3. The van der Waals surface area contributed by atoms with Crippen LogP contribution in [0.1, 0.15) is 13.8 Å². The lowest BCUT2D eigenvalue weighted by atomic mass is 10.0. The van der Waals surface area contributed by atoms with Gasteiger partial charge in [0.05, 0.1) is 0 Å². The minimum Gasteiger partial charge on any atom is -0.303 e. The van der Waals surface area contributed by atoms with Crippen LogP contribution in [0.15, 0.2) is 0 Å². The van der Waals surface area contributed by atoms with Gasteiger partial charge in [-0.25, -0.2) is 5.01 Å². The van der Waals surface area contributed by atoms with Crippen LogP contribution in [0, 0.1) is 5.92 Å². The fourth-order valence-corrected chi connectivity index (χ4v) is 1.56. The maximum Gasteiger partial charge on any atom is 0.0391 e. The van der Waals surface area contributed by atoms with E-state index in [4.69, 9.17) is 5.84 Å². The van der Waals surface area contributed by atoms with Crippen LogP contribution in [0.3, 0.4) is 0 Å². The second-order valence-corrected chi connectivity index (χ2v) is 3.81. The smallest absolute Gasteiger partial charge is 0.0391 e. The van der Waals surface area contributed by atoms with Crippen molar-refractivity contribution in [1.29, 1.82) is 0 Å². The summed E-state index contributed by atoms with van der Waals surface area (Å²) in [6.45, 7) is 7.65. The van der Waals surface area contributed by atoms with Crippen LogP contribution in [0.5, 0.6) is 0 Å². The van der Waals surface area contributed by atoms with E-state index < -0.39 is 0 Å². The molecule has 1 aliphatic rings. The molecule has 3 nitrogen and oxygen atoms in total. The summed E-state index contributed by atoms with van der Waals surface area (Å²) in [6.07, 6.45) is 0. The van der Waals surface area contributed by atoms with E-state index >= 15 is 0 Å². The van der Waals surface area contributed by atoms with E-state index in [9.17, 15) is 0 Å². The number of piperazine rings is 1. The van der Waals surface area contributed by atoms with Gasteiger partial charge in [0.25, 0.3) is 0 Å². The highest BCUT2D eigenvalue weighted by atomic mass is 15.5. The van der Waals surface area contributed by atoms with Gasteiger partial charge in [-0.3, -0.25) is 5.84 Å². The van der Waals surface area contributed by atoms with E-state index in [1.54, 1.807) is 0 Å². The summed E-state index contributed by atoms with van der Waals surface area (Å²) in [5.41, 5.74) is 0. The SMILES string of the molecule is CC(C)C1CN(C)CCN1N. The molecule has 1 aliphatic heterocycles. The molecule has 1 fully saturated rings. The van der Waals surface area contributed by atoms with Gasteiger partial charge in [-0.1, -0.05) is 13.8 Å². The Labute approximate surface area is 69.1 Å². The normalized spacial score (nSPS) is 29.7. The Morgan fingerprint density at radius 3 is 2.45 bits per heavy atom. The second kappa shape index (κ2) is 3.52. The molecule has 0 radical (unpaired) electrons. The van der Waals surface area contributed by atoms with Gasteiger partial charge in [0.1, 0.15) is 0 Å². The molecule has 1 heterocycles. The van der Waals surface area contributed by atoms with Crippen LogP contribution in [0.4, 0.5) is 0 Å². The second-order valence-electron chi connectivity index (χ2n) is 3.81. The number of nitrogens with zero attached hydrogens (tertiary/aromatic N) is 2. The van der Waals surface area contributed by atoms with Gasteiger partial charge in [0, 0.05) is 25.7 Å². The molecular weight excluding hydrogens is 138 g/mol. The fourth-order valence-electron chi connectivity index (χ4n) is 1.56. The molecule has 0 saturated carbocycles. The van der Waals surface area contributed by atoms with Crippen LogP contribution >= 0.6 is 0 Å². The molecule has 0 aliphatic carbocycles. The van der Waals surface area contributed by atoms with Crippen molar-refractivity contribution >= 4 is 0 Å². The van der Waals surface area contributed by atoms with Crippen LogP contribution in [-0.4, -0.2) is 42.6 Å². The van der Waals surface area contributed by atoms with Gasteiger partial charge in [-0.05, 0) is 13.0 Å². The highest BCUT2D eigenvalue weighted by molar-refractivity contribution is 4.79. The molecule has 1 atom stereocenters. The molecule has 66 valence electrons. The lowest BCUT2D eigenvalue weighted by molar-refractivity contribution is 0.0634. The third-order valence-electron chi connectivity index (χ3n) is 2.43. The van der Waals surface area contributed by atoms with E-state index in [0.717, 1.165) is 19.6 Å². The Balaban J connectivity index is 2.47. The highest BCUT2D eigenvalue weighted by Crippen LogP contribution is 2.12. The van der Waals surface area contributed by atoms with Gasteiger partial charge < -0.3 is 4.90 Å². The molecule has 1 saturated heterocycles. The van der Waals surface area contributed by atoms with Gasteiger partial charge in [0.2, 0.25) is 0 Å². The van der Waals surface area contributed by atoms with Crippen molar-refractivity contribution in [3.05, 3.63) is 0 Å².